The van der Waals surface area contributed by atoms with Crippen LogP contribution in [0.4, 0.5) is 0 Å². The minimum atomic E-state index is 0. The van der Waals surface area contributed by atoms with Crippen molar-refractivity contribution in [1.82, 2.24) is 10.6 Å². The zero-order valence-corrected chi connectivity index (χ0v) is 15.4. The van der Waals surface area contributed by atoms with Gasteiger partial charge in [0, 0.05) is 32.8 Å². The Labute approximate surface area is 141 Å². The molecule has 0 bridgehead atoms. The lowest BCUT2D eigenvalue weighted by Crippen LogP contribution is -2.44. The average Bonchev–Trinajstić information content (AvgIpc) is 2.44. The van der Waals surface area contributed by atoms with Crippen molar-refractivity contribution >= 4 is 29.9 Å². The molecule has 0 spiro atoms. The first-order chi connectivity index (χ1) is 9.36. The van der Waals surface area contributed by atoms with E-state index < -0.39 is 0 Å². The van der Waals surface area contributed by atoms with Crippen LogP contribution in [0.15, 0.2) is 4.99 Å². The van der Waals surface area contributed by atoms with Crippen LogP contribution in [-0.4, -0.2) is 38.8 Å². The molecule has 1 aliphatic carbocycles. The number of hydrogen-bond donors (Lipinski definition) is 2. The zero-order chi connectivity index (χ0) is 13.8. The van der Waals surface area contributed by atoms with E-state index >= 15 is 0 Å². The number of aliphatic imine (C=N–C) groups is 1. The molecule has 0 aliphatic heterocycles. The molecule has 0 heterocycles. The summed E-state index contributed by atoms with van der Waals surface area (Å²) in [4.78, 5) is 4.66. The van der Waals surface area contributed by atoms with Gasteiger partial charge in [-0.1, -0.05) is 19.3 Å². The van der Waals surface area contributed by atoms with E-state index in [4.69, 9.17) is 4.74 Å². The van der Waals surface area contributed by atoms with E-state index in [0.29, 0.717) is 6.04 Å². The van der Waals surface area contributed by atoms with Crippen molar-refractivity contribution < 1.29 is 4.74 Å². The van der Waals surface area contributed by atoms with Gasteiger partial charge in [-0.25, -0.2) is 0 Å². The third-order valence-electron chi connectivity index (χ3n) is 3.57. The van der Waals surface area contributed by atoms with Crippen LogP contribution in [0.3, 0.4) is 0 Å². The highest BCUT2D eigenvalue weighted by atomic mass is 127. The first-order valence-electron chi connectivity index (χ1n) is 7.90. The molecule has 0 aromatic rings. The Morgan fingerprint density at radius 3 is 2.55 bits per heavy atom. The Morgan fingerprint density at radius 2 is 1.90 bits per heavy atom. The Kier molecular flexibility index (Phi) is 13.9. The van der Waals surface area contributed by atoms with Crippen molar-refractivity contribution in [2.45, 2.75) is 64.3 Å². The van der Waals surface area contributed by atoms with Gasteiger partial charge >= 0.3 is 0 Å². The van der Waals surface area contributed by atoms with Crippen molar-refractivity contribution in [2.75, 3.05) is 26.8 Å². The molecule has 0 aromatic carbocycles. The van der Waals surface area contributed by atoms with Crippen molar-refractivity contribution in [2.24, 2.45) is 4.99 Å². The van der Waals surface area contributed by atoms with Gasteiger partial charge in [-0.2, -0.15) is 0 Å². The van der Waals surface area contributed by atoms with E-state index in [1.54, 1.807) is 7.11 Å². The van der Waals surface area contributed by atoms with Crippen LogP contribution in [0, 0.1) is 0 Å². The SMILES string of the molecule is CCNC(=NCCCCCOC)NC1CCCCC1.I. The summed E-state index contributed by atoms with van der Waals surface area (Å²) in [5.74, 6) is 1.00. The Morgan fingerprint density at radius 1 is 1.15 bits per heavy atom. The molecule has 0 radical (unpaired) electrons. The van der Waals surface area contributed by atoms with E-state index in [9.17, 15) is 0 Å². The number of nitrogens with one attached hydrogen (secondary N) is 2. The van der Waals surface area contributed by atoms with Gasteiger partial charge in [0.05, 0.1) is 0 Å². The maximum atomic E-state index is 5.05. The molecule has 2 N–H and O–H groups in total. The van der Waals surface area contributed by atoms with E-state index in [0.717, 1.165) is 38.5 Å². The number of hydrogen-bond acceptors (Lipinski definition) is 2. The number of guanidine groups is 1. The number of methoxy groups -OCH3 is 1. The fourth-order valence-corrected chi connectivity index (χ4v) is 2.49. The Hall–Kier alpha value is -0.0400. The van der Waals surface area contributed by atoms with Gasteiger partial charge in [0.15, 0.2) is 5.96 Å². The molecule has 0 unspecified atom stereocenters. The fourth-order valence-electron chi connectivity index (χ4n) is 2.49. The summed E-state index contributed by atoms with van der Waals surface area (Å²) in [6, 6.07) is 0.625. The molecule has 120 valence electrons. The standard InChI is InChI=1S/C15H31N3O.HI/c1-3-16-15(17-12-8-5-9-13-19-2)18-14-10-6-4-7-11-14;/h14H,3-13H2,1-2H3,(H2,16,17,18);1H. The minimum Gasteiger partial charge on any atom is -0.385 e. The molecule has 1 aliphatic rings. The van der Waals surface area contributed by atoms with Crippen molar-refractivity contribution in [1.29, 1.82) is 0 Å². The van der Waals surface area contributed by atoms with Gasteiger partial charge in [-0.05, 0) is 39.0 Å². The number of unbranched alkanes of at least 4 members (excludes halogenated alkanes) is 2. The largest absolute Gasteiger partial charge is 0.385 e. The van der Waals surface area contributed by atoms with Crippen LogP contribution >= 0.6 is 24.0 Å². The molecule has 1 saturated carbocycles. The van der Waals surface area contributed by atoms with E-state index in [1.165, 1.54) is 38.5 Å². The molecule has 1 rings (SSSR count). The summed E-state index contributed by atoms with van der Waals surface area (Å²) in [5, 5.41) is 6.92. The Balaban J connectivity index is 0.00000361. The fraction of sp³-hybridized carbons (Fsp3) is 0.933. The number of nitrogens with zero attached hydrogens (tertiary/aromatic N) is 1. The highest BCUT2D eigenvalue weighted by Crippen LogP contribution is 2.17. The summed E-state index contributed by atoms with van der Waals surface area (Å²) in [6.45, 7) is 4.83. The van der Waals surface area contributed by atoms with Gasteiger partial charge in [-0.15, -0.1) is 24.0 Å². The monoisotopic (exact) mass is 397 g/mol. The highest BCUT2D eigenvalue weighted by molar-refractivity contribution is 14.0. The van der Waals surface area contributed by atoms with Crippen LogP contribution in [0.2, 0.25) is 0 Å². The lowest BCUT2D eigenvalue weighted by Gasteiger charge is -2.24. The molecule has 4 nitrogen and oxygen atoms in total. The molecular weight excluding hydrogens is 365 g/mol. The van der Waals surface area contributed by atoms with Crippen LogP contribution < -0.4 is 10.6 Å². The maximum absolute atomic E-state index is 5.05. The first kappa shape index (κ1) is 20.0. The molecule has 5 heteroatoms. The lowest BCUT2D eigenvalue weighted by molar-refractivity contribution is 0.192. The second-order valence-corrected chi connectivity index (χ2v) is 5.29. The number of halogens is 1. The van der Waals surface area contributed by atoms with Gasteiger partial charge < -0.3 is 15.4 Å². The van der Waals surface area contributed by atoms with Crippen LogP contribution in [-0.2, 0) is 4.74 Å². The number of rotatable bonds is 8. The van der Waals surface area contributed by atoms with Gasteiger partial charge in [-0.3, -0.25) is 4.99 Å². The van der Waals surface area contributed by atoms with Crippen molar-refractivity contribution in [3.05, 3.63) is 0 Å². The minimum absolute atomic E-state index is 0. The normalized spacial score (nSPS) is 16.6. The molecule has 0 atom stereocenters. The highest BCUT2D eigenvalue weighted by Gasteiger charge is 2.14. The zero-order valence-electron chi connectivity index (χ0n) is 13.1. The molecule has 0 amide bonds. The second-order valence-electron chi connectivity index (χ2n) is 5.29. The lowest BCUT2D eigenvalue weighted by atomic mass is 9.96. The third kappa shape index (κ3) is 9.80. The van der Waals surface area contributed by atoms with Crippen molar-refractivity contribution in [3.63, 3.8) is 0 Å². The molecule has 0 saturated heterocycles. The van der Waals surface area contributed by atoms with Crippen LogP contribution in [0.5, 0.6) is 0 Å². The summed E-state index contributed by atoms with van der Waals surface area (Å²) in [7, 11) is 1.76. The molecular formula is C15H32IN3O. The smallest absolute Gasteiger partial charge is 0.191 e. The van der Waals surface area contributed by atoms with Crippen LogP contribution in [0.1, 0.15) is 58.3 Å². The van der Waals surface area contributed by atoms with Gasteiger partial charge in [0.1, 0.15) is 0 Å². The van der Waals surface area contributed by atoms with E-state index in [2.05, 4.69) is 22.5 Å². The van der Waals surface area contributed by atoms with Crippen molar-refractivity contribution in [3.8, 4) is 0 Å². The first-order valence-corrected chi connectivity index (χ1v) is 7.90. The second kappa shape index (κ2) is 13.9. The maximum Gasteiger partial charge on any atom is 0.191 e. The predicted octanol–water partition coefficient (Wildman–Crippen LogP) is 3.31. The summed E-state index contributed by atoms with van der Waals surface area (Å²) < 4.78 is 5.05. The Bertz CT molecular complexity index is 243. The average molecular weight is 397 g/mol. The summed E-state index contributed by atoms with van der Waals surface area (Å²) >= 11 is 0. The third-order valence-corrected chi connectivity index (χ3v) is 3.57. The van der Waals surface area contributed by atoms with E-state index in [-0.39, 0.29) is 24.0 Å². The quantitative estimate of drug-likeness (QED) is 0.286. The topological polar surface area (TPSA) is 45.7 Å². The predicted molar refractivity (Wildman–Crippen MR) is 97.1 cm³/mol. The van der Waals surface area contributed by atoms with Gasteiger partial charge in [0.2, 0.25) is 0 Å². The number of ether oxygens (including phenoxy) is 1. The summed E-state index contributed by atoms with van der Waals surface area (Å²) in [6.07, 6.45) is 10.2. The molecule has 0 aromatic heterocycles. The summed E-state index contributed by atoms with van der Waals surface area (Å²) in [5.41, 5.74) is 0. The van der Waals surface area contributed by atoms with E-state index in [1.807, 2.05) is 0 Å². The van der Waals surface area contributed by atoms with Gasteiger partial charge in [0.25, 0.3) is 0 Å². The molecule has 20 heavy (non-hydrogen) atoms. The van der Waals surface area contributed by atoms with Crippen LogP contribution in [0.25, 0.3) is 0 Å². The molecule has 1 fully saturated rings.